The molecule has 2 aliphatic rings. The third kappa shape index (κ3) is 3.71. The Morgan fingerprint density at radius 3 is 2.33 bits per heavy atom. The predicted octanol–water partition coefficient (Wildman–Crippen LogP) is 3.12. The molecule has 0 radical (unpaired) electrons. The fraction of sp³-hybridized carbons (Fsp3) is 1.00. The van der Waals surface area contributed by atoms with Gasteiger partial charge in [0, 0.05) is 25.2 Å². The van der Waals surface area contributed by atoms with Crippen molar-refractivity contribution in [3.63, 3.8) is 0 Å². The first-order valence-electron chi connectivity index (χ1n) is 7.97. The first kappa shape index (κ1) is 14.3. The maximum Gasteiger partial charge on any atom is 0.00966 e. The average molecular weight is 252 g/mol. The van der Waals surface area contributed by atoms with E-state index in [1.165, 1.54) is 38.8 Å². The van der Waals surface area contributed by atoms with Gasteiger partial charge in [0.1, 0.15) is 0 Å². The van der Waals surface area contributed by atoms with Crippen LogP contribution in [0.25, 0.3) is 0 Å². The van der Waals surface area contributed by atoms with Gasteiger partial charge < -0.3 is 5.73 Å². The Morgan fingerprint density at radius 2 is 1.83 bits per heavy atom. The Bertz CT molecular complexity index is 248. The fourth-order valence-corrected chi connectivity index (χ4v) is 3.83. The van der Waals surface area contributed by atoms with Crippen LogP contribution in [0.15, 0.2) is 0 Å². The Hall–Kier alpha value is -0.0800. The van der Waals surface area contributed by atoms with Crippen LogP contribution in [0.1, 0.15) is 53.4 Å². The molecule has 0 aromatic carbocycles. The van der Waals surface area contributed by atoms with Crippen molar-refractivity contribution in [2.45, 2.75) is 65.5 Å². The molecule has 4 atom stereocenters. The summed E-state index contributed by atoms with van der Waals surface area (Å²) in [6, 6.07) is 1.31. The van der Waals surface area contributed by atoms with Gasteiger partial charge in [0.05, 0.1) is 0 Å². The summed E-state index contributed by atoms with van der Waals surface area (Å²) in [5.41, 5.74) is 6.43. The average Bonchev–Trinajstić information content (AvgIpc) is 3.04. The summed E-state index contributed by atoms with van der Waals surface area (Å²) in [6.07, 6.45) is 5.44. The van der Waals surface area contributed by atoms with Crippen LogP contribution in [-0.4, -0.2) is 30.1 Å². The predicted molar refractivity (Wildman–Crippen MR) is 78.5 cm³/mol. The van der Waals surface area contributed by atoms with E-state index in [1.54, 1.807) is 0 Å². The summed E-state index contributed by atoms with van der Waals surface area (Å²) in [6.45, 7) is 12.0. The molecule has 2 rings (SSSR count). The first-order valence-corrected chi connectivity index (χ1v) is 7.97. The molecule has 2 N–H and O–H groups in total. The van der Waals surface area contributed by atoms with Gasteiger partial charge in [-0.05, 0) is 49.4 Å². The number of hydrogen-bond donors (Lipinski definition) is 1. The Kier molecular flexibility index (Phi) is 4.71. The van der Waals surface area contributed by atoms with Crippen molar-refractivity contribution in [1.82, 2.24) is 4.90 Å². The maximum absolute atomic E-state index is 6.43. The molecule has 0 aliphatic heterocycles. The minimum atomic E-state index is 0.428. The molecule has 0 heterocycles. The topological polar surface area (TPSA) is 29.3 Å². The van der Waals surface area contributed by atoms with Crippen molar-refractivity contribution in [2.24, 2.45) is 29.4 Å². The first-order chi connectivity index (χ1) is 8.47. The van der Waals surface area contributed by atoms with Gasteiger partial charge in [-0.25, -0.2) is 0 Å². The van der Waals surface area contributed by atoms with E-state index in [4.69, 9.17) is 5.73 Å². The van der Waals surface area contributed by atoms with Crippen LogP contribution in [0.3, 0.4) is 0 Å². The fourth-order valence-electron chi connectivity index (χ4n) is 3.83. The van der Waals surface area contributed by atoms with Gasteiger partial charge in [0.25, 0.3) is 0 Å². The molecular formula is C16H32N2. The molecule has 2 nitrogen and oxygen atoms in total. The molecule has 0 bridgehead atoms. The number of rotatable bonds is 5. The molecule has 2 aliphatic carbocycles. The van der Waals surface area contributed by atoms with E-state index in [2.05, 4.69) is 32.6 Å². The lowest BCUT2D eigenvalue weighted by Crippen LogP contribution is -2.47. The van der Waals surface area contributed by atoms with Gasteiger partial charge in [-0.2, -0.15) is 0 Å². The van der Waals surface area contributed by atoms with Crippen molar-refractivity contribution in [1.29, 1.82) is 0 Å². The quantitative estimate of drug-likeness (QED) is 0.814. The van der Waals surface area contributed by atoms with Crippen LogP contribution in [0.5, 0.6) is 0 Å². The molecule has 0 saturated heterocycles. The molecule has 0 amide bonds. The maximum atomic E-state index is 6.43. The third-order valence-electron chi connectivity index (χ3n) is 4.84. The van der Waals surface area contributed by atoms with Crippen molar-refractivity contribution in [2.75, 3.05) is 13.1 Å². The van der Waals surface area contributed by atoms with Crippen molar-refractivity contribution >= 4 is 0 Å². The van der Waals surface area contributed by atoms with Gasteiger partial charge in [0.15, 0.2) is 0 Å². The summed E-state index contributed by atoms with van der Waals surface area (Å²) in [4.78, 5) is 2.74. The second-order valence-corrected chi connectivity index (χ2v) is 7.46. The molecule has 2 fully saturated rings. The molecule has 2 saturated carbocycles. The van der Waals surface area contributed by atoms with Gasteiger partial charge in [-0.1, -0.05) is 27.7 Å². The molecule has 0 aromatic rings. The smallest absolute Gasteiger partial charge is 0.00966 e. The Morgan fingerprint density at radius 1 is 1.17 bits per heavy atom. The normalized spacial score (nSPS) is 37.5. The Labute approximate surface area is 113 Å². The van der Waals surface area contributed by atoms with Crippen LogP contribution in [-0.2, 0) is 0 Å². The van der Waals surface area contributed by atoms with Crippen molar-refractivity contribution < 1.29 is 0 Å². The SMILES string of the molecule is CC(C)CN(CC1C(C)CC(C)CC1N)C1CC1. The van der Waals surface area contributed by atoms with Gasteiger partial charge in [-0.15, -0.1) is 0 Å². The van der Waals surface area contributed by atoms with Crippen molar-refractivity contribution in [3.8, 4) is 0 Å². The van der Waals surface area contributed by atoms with Crippen LogP contribution < -0.4 is 5.73 Å². The number of nitrogens with zero attached hydrogens (tertiary/aromatic N) is 1. The van der Waals surface area contributed by atoms with Crippen LogP contribution in [0.4, 0.5) is 0 Å². The summed E-state index contributed by atoms with van der Waals surface area (Å²) >= 11 is 0. The van der Waals surface area contributed by atoms with Gasteiger partial charge in [-0.3, -0.25) is 4.90 Å². The second-order valence-electron chi connectivity index (χ2n) is 7.46. The minimum absolute atomic E-state index is 0.428. The summed E-state index contributed by atoms with van der Waals surface area (Å²) in [5, 5.41) is 0. The van der Waals surface area contributed by atoms with Crippen LogP contribution in [0.2, 0.25) is 0 Å². The second kappa shape index (κ2) is 5.92. The molecule has 106 valence electrons. The van der Waals surface area contributed by atoms with E-state index in [0.717, 1.165) is 29.7 Å². The van der Waals surface area contributed by atoms with E-state index in [-0.39, 0.29) is 0 Å². The highest BCUT2D eigenvalue weighted by Gasteiger charge is 2.36. The monoisotopic (exact) mass is 252 g/mol. The highest BCUT2D eigenvalue weighted by molar-refractivity contribution is 4.91. The van der Waals surface area contributed by atoms with Crippen molar-refractivity contribution in [3.05, 3.63) is 0 Å². The summed E-state index contributed by atoms with van der Waals surface area (Å²) in [5.74, 6) is 3.13. The summed E-state index contributed by atoms with van der Waals surface area (Å²) < 4.78 is 0. The van der Waals surface area contributed by atoms with Crippen LogP contribution in [0, 0.1) is 23.7 Å². The van der Waals surface area contributed by atoms with Gasteiger partial charge >= 0.3 is 0 Å². The lowest BCUT2D eigenvalue weighted by molar-refractivity contribution is 0.106. The minimum Gasteiger partial charge on any atom is -0.327 e. The molecule has 0 spiro atoms. The number of nitrogens with two attached hydrogens (primary N) is 1. The number of hydrogen-bond acceptors (Lipinski definition) is 2. The lowest BCUT2D eigenvalue weighted by atomic mass is 9.72. The molecule has 4 unspecified atom stereocenters. The molecule has 0 aromatic heterocycles. The molecule has 2 heteroatoms. The zero-order valence-corrected chi connectivity index (χ0v) is 12.7. The zero-order valence-electron chi connectivity index (χ0n) is 12.7. The van der Waals surface area contributed by atoms with E-state index in [1.807, 2.05) is 0 Å². The third-order valence-corrected chi connectivity index (χ3v) is 4.84. The molecule has 18 heavy (non-hydrogen) atoms. The van der Waals surface area contributed by atoms with E-state index in [0.29, 0.717) is 6.04 Å². The highest BCUT2D eigenvalue weighted by Crippen LogP contribution is 2.36. The zero-order chi connectivity index (χ0) is 13.3. The largest absolute Gasteiger partial charge is 0.327 e. The van der Waals surface area contributed by atoms with Gasteiger partial charge in [0.2, 0.25) is 0 Å². The highest BCUT2D eigenvalue weighted by atomic mass is 15.2. The van der Waals surface area contributed by atoms with Crippen LogP contribution >= 0.6 is 0 Å². The van der Waals surface area contributed by atoms with E-state index >= 15 is 0 Å². The molecular weight excluding hydrogens is 220 g/mol. The Balaban J connectivity index is 1.92. The lowest BCUT2D eigenvalue weighted by Gasteiger charge is -2.41. The van der Waals surface area contributed by atoms with E-state index < -0.39 is 0 Å². The standard InChI is InChI=1S/C16H32N2/c1-11(2)9-18(14-5-6-14)10-15-13(4)7-12(3)8-16(15)17/h11-16H,5-10,17H2,1-4H3. The summed E-state index contributed by atoms with van der Waals surface area (Å²) in [7, 11) is 0. The van der Waals surface area contributed by atoms with E-state index in [9.17, 15) is 0 Å².